The van der Waals surface area contributed by atoms with Crippen LogP contribution in [0.2, 0.25) is 0 Å². The van der Waals surface area contributed by atoms with Gasteiger partial charge in [0, 0.05) is 25.5 Å². The van der Waals surface area contributed by atoms with E-state index in [2.05, 4.69) is 0 Å². The Bertz CT molecular complexity index is 1300. The van der Waals surface area contributed by atoms with Gasteiger partial charge in [0.05, 0.1) is 25.2 Å². The molecule has 3 rings (SSSR count). The van der Waals surface area contributed by atoms with Gasteiger partial charge in [-0.25, -0.2) is 9.69 Å². The Hall–Kier alpha value is -4.15. The van der Waals surface area contributed by atoms with Crippen molar-refractivity contribution in [1.82, 2.24) is 4.90 Å². The maximum absolute atomic E-state index is 13.6. The number of carbonyl (C=O) groups is 5. The number of cyclic esters (lactones) is 1. The van der Waals surface area contributed by atoms with Gasteiger partial charge >= 0.3 is 12.1 Å². The number of amides is 2. The quantitative estimate of drug-likeness (QED) is 0.191. The minimum absolute atomic E-state index is 0.00764. The molecule has 0 bridgehead atoms. The van der Waals surface area contributed by atoms with Crippen molar-refractivity contribution in [3.8, 4) is 0 Å². The zero-order valence-electron chi connectivity index (χ0n) is 24.1. The zero-order valence-corrected chi connectivity index (χ0v) is 24.1. The van der Waals surface area contributed by atoms with Gasteiger partial charge in [0.25, 0.3) is 0 Å². The summed E-state index contributed by atoms with van der Waals surface area (Å²) in [4.78, 5) is 66.1. The molecule has 224 valence electrons. The molecule has 1 aliphatic heterocycles. The first-order valence-corrected chi connectivity index (χ1v) is 13.9. The fourth-order valence-electron chi connectivity index (χ4n) is 4.70. The number of ketones is 2. The molecule has 0 aromatic heterocycles. The Morgan fingerprint density at radius 3 is 2.50 bits per heavy atom. The number of imide groups is 1. The summed E-state index contributed by atoms with van der Waals surface area (Å²) in [5.74, 6) is -3.87. The lowest BCUT2D eigenvalue weighted by atomic mass is 9.92. The maximum atomic E-state index is 13.6. The molecule has 0 aliphatic carbocycles. The second kappa shape index (κ2) is 15.7. The number of ether oxygens (including phenoxy) is 3. The highest BCUT2D eigenvalue weighted by Crippen LogP contribution is 2.25. The standard InChI is InChI=1S/C32H37NO9/c1-21-9-7-12-25(17-21)27(28(36)13-8-15-40-16-14-34)19-29(37)30(42-23(3)35)22(2)31(38)33-26(20-41-32(33)39)18-24-10-5-4-6-11-24/h4-7,9-12,17,19,22,26,30,34H,8,13-16,18,20H2,1-3H3. The van der Waals surface area contributed by atoms with Crippen molar-refractivity contribution in [3.63, 3.8) is 0 Å². The normalized spacial score (nSPS) is 16.5. The first-order chi connectivity index (χ1) is 20.1. The van der Waals surface area contributed by atoms with Crippen LogP contribution in [-0.2, 0) is 39.8 Å². The van der Waals surface area contributed by atoms with E-state index in [1.165, 1.54) is 6.92 Å². The summed E-state index contributed by atoms with van der Waals surface area (Å²) in [6, 6.07) is 15.7. The van der Waals surface area contributed by atoms with Crippen LogP contribution in [0.1, 0.15) is 43.4 Å². The Labute approximate surface area is 245 Å². The topological polar surface area (TPSA) is 137 Å². The monoisotopic (exact) mass is 579 g/mol. The van der Waals surface area contributed by atoms with E-state index >= 15 is 0 Å². The fourth-order valence-corrected chi connectivity index (χ4v) is 4.70. The maximum Gasteiger partial charge on any atom is 0.416 e. The summed E-state index contributed by atoms with van der Waals surface area (Å²) in [5.41, 5.74) is 2.35. The minimum Gasteiger partial charge on any atom is -0.453 e. The van der Waals surface area contributed by atoms with Gasteiger partial charge in [-0.15, -0.1) is 0 Å². The van der Waals surface area contributed by atoms with Gasteiger partial charge in [0.15, 0.2) is 17.7 Å². The molecule has 10 heteroatoms. The third-order valence-electron chi connectivity index (χ3n) is 6.77. The van der Waals surface area contributed by atoms with Crippen LogP contribution in [0.25, 0.3) is 5.57 Å². The van der Waals surface area contributed by atoms with Gasteiger partial charge in [0.2, 0.25) is 5.91 Å². The Morgan fingerprint density at radius 1 is 1.10 bits per heavy atom. The lowest BCUT2D eigenvalue weighted by molar-refractivity contribution is -0.158. The number of Topliss-reactive ketones (excluding diaryl/α,β-unsaturated/α-hetero) is 1. The molecule has 0 spiro atoms. The molecule has 3 unspecified atom stereocenters. The summed E-state index contributed by atoms with van der Waals surface area (Å²) in [5, 5.41) is 8.87. The summed E-state index contributed by atoms with van der Waals surface area (Å²) in [7, 11) is 0. The van der Waals surface area contributed by atoms with Crippen LogP contribution in [0.5, 0.6) is 0 Å². The van der Waals surface area contributed by atoms with E-state index in [0.29, 0.717) is 18.4 Å². The number of hydrogen-bond acceptors (Lipinski definition) is 9. The molecule has 0 radical (unpaired) electrons. The van der Waals surface area contributed by atoms with Crippen LogP contribution >= 0.6 is 0 Å². The highest BCUT2D eigenvalue weighted by atomic mass is 16.6. The third-order valence-corrected chi connectivity index (χ3v) is 6.77. The summed E-state index contributed by atoms with van der Waals surface area (Å²) < 4.78 is 15.7. The SMILES string of the molecule is CC(=O)OC(C(=O)C=C(C(=O)CCCOCCO)c1cccc(C)c1)C(C)C(=O)N1C(=O)OCC1Cc1ccccc1. The van der Waals surface area contributed by atoms with Crippen molar-refractivity contribution in [3.05, 3.63) is 77.4 Å². The number of allylic oxidation sites excluding steroid dienone is 1. The van der Waals surface area contributed by atoms with Gasteiger partial charge < -0.3 is 19.3 Å². The molecule has 1 fully saturated rings. The van der Waals surface area contributed by atoms with E-state index in [0.717, 1.165) is 29.0 Å². The third kappa shape index (κ3) is 8.92. The van der Waals surface area contributed by atoms with E-state index in [9.17, 15) is 24.0 Å². The molecule has 1 heterocycles. The van der Waals surface area contributed by atoms with E-state index in [1.807, 2.05) is 43.3 Å². The smallest absolute Gasteiger partial charge is 0.416 e. The zero-order chi connectivity index (χ0) is 30.6. The van der Waals surface area contributed by atoms with Gasteiger partial charge in [0.1, 0.15) is 6.61 Å². The average Bonchev–Trinajstić information content (AvgIpc) is 3.33. The molecular formula is C32H37NO9. The summed E-state index contributed by atoms with van der Waals surface area (Å²) in [6.07, 6.45) is -0.542. The first kappa shape index (κ1) is 32.4. The number of benzene rings is 2. The van der Waals surface area contributed by atoms with Gasteiger partial charge in [-0.2, -0.15) is 0 Å². The van der Waals surface area contributed by atoms with Crippen molar-refractivity contribution in [2.75, 3.05) is 26.4 Å². The minimum atomic E-state index is -1.58. The second-order valence-corrected chi connectivity index (χ2v) is 10.1. The van der Waals surface area contributed by atoms with E-state index < -0.39 is 41.8 Å². The highest BCUT2D eigenvalue weighted by Gasteiger charge is 2.43. The molecule has 1 aliphatic rings. The lowest BCUT2D eigenvalue weighted by Crippen LogP contribution is -2.48. The predicted molar refractivity (Wildman–Crippen MR) is 153 cm³/mol. The average molecular weight is 580 g/mol. The largest absolute Gasteiger partial charge is 0.453 e. The van der Waals surface area contributed by atoms with Crippen molar-refractivity contribution < 1.29 is 43.3 Å². The Morgan fingerprint density at radius 2 is 1.83 bits per heavy atom. The number of esters is 1. The van der Waals surface area contributed by atoms with Crippen LogP contribution in [-0.4, -0.2) is 78.1 Å². The molecule has 1 N–H and O–H groups in total. The molecule has 1 saturated heterocycles. The van der Waals surface area contributed by atoms with Gasteiger partial charge in [-0.1, -0.05) is 60.2 Å². The van der Waals surface area contributed by atoms with E-state index in [1.54, 1.807) is 18.2 Å². The fraction of sp³-hybridized carbons (Fsp3) is 0.406. The Balaban J connectivity index is 1.88. The second-order valence-electron chi connectivity index (χ2n) is 10.1. The summed E-state index contributed by atoms with van der Waals surface area (Å²) >= 11 is 0. The molecular weight excluding hydrogens is 542 g/mol. The summed E-state index contributed by atoms with van der Waals surface area (Å²) in [6.45, 7) is 4.63. The van der Waals surface area contributed by atoms with Crippen LogP contribution in [0, 0.1) is 12.8 Å². The molecule has 0 saturated carbocycles. The molecule has 42 heavy (non-hydrogen) atoms. The number of carbonyl (C=O) groups excluding carboxylic acids is 5. The molecule has 10 nitrogen and oxygen atoms in total. The van der Waals surface area contributed by atoms with E-state index in [4.69, 9.17) is 19.3 Å². The molecule has 2 aromatic carbocycles. The predicted octanol–water partition coefficient (Wildman–Crippen LogP) is 3.46. The number of aliphatic hydroxyl groups is 1. The molecule has 2 aromatic rings. The van der Waals surface area contributed by atoms with E-state index in [-0.39, 0.29) is 44.2 Å². The van der Waals surface area contributed by atoms with Crippen molar-refractivity contribution in [1.29, 1.82) is 0 Å². The number of hydrogen-bond donors (Lipinski definition) is 1. The van der Waals surface area contributed by atoms with Crippen LogP contribution in [0.15, 0.2) is 60.7 Å². The van der Waals surface area contributed by atoms with Crippen molar-refractivity contribution >= 4 is 35.1 Å². The Kier molecular flexibility index (Phi) is 12.1. The first-order valence-electron chi connectivity index (χ1n) is 13.9. The van der Waals surface area contributed by atoms with Crippen molar-refractivity contribution in [2.24, 2.45) is 5.92 Å². The van der Waals surface area contributed by atoms with Crippen LogP contribution in [0.3, 0.4) is 0 Å². The van der Waals surface area contributed by atoms with Gasteiger partial charge in [-0.3, -0.25) is 19.2 Å². The van der Waals surface area contributed by atoms with Crippen LogP contribution in [0.4, 0.5) is 4.79 Å². The number of aliphatic hydroxyl groups excluding tert-OH is 1. The number of nitrogens with zero attached hydrogens (tertiary/aromatic N) is 1. The molecule has 3 atom stereocenters. The van der Waals surface area contributed by atoms with Gasteiger partial charge in [-0.05, 0) is 43.9 Å². The van der Waals surface area contributed by atoms with Crippen LogP contribution < -0.4 is 0 Å². The number of rotatable bonds is 15. The number of aryl methyl sites for hydroxylation is 1. The molecule has 2 amide bonds. The highest BCUT2D eigenvalue weighted by molar-refractivity contribution is 6.25. The van der Waals surface area contributed by atoms with Crippen molar-refractivity contribution in [2.45, 2.75) is 52.2 Å². The lowest BCUT2D eigenvalue weighted by Gasteiger charge is -2.26.